The second-order valence-electron chi connectivity index (χ2n) is 4.49. The largest absolute Gasteiger partial charge is 0.394 e. The van der Waals surface area contributed by atoms with Crippen molar-refractivity contribution in [2.24, 2.45) is 5.92 Å². The van der Waals surface area contributed by atoms with Gasteiger partial charge >= 0.3 is 0 Å². The first-order valence-corrected chi connectivity index (χ1v) is 6.78. The summed E-state index contributed by atoms with van der Waals surface area (Å²) in [6.45, 7) is 4.12. The molecule has 0 saturated heterocycles. The highest BCUT2D eigenvalue weighted by Crippen LogP contribution is 2.08. The smallest absolute Gasteiger partial charge is 0.251 e. The van der Waals surface area contributed by atoms with Crippen molar-refractivity contribution < 1.29 is 9.90 Å². The third-order valence-corrected chi connectivity index (χ3v) is 3.14. The Balaban J connectivity index is 2.61. The van der Waals surface area contributed by atoms with Crippen molar-refractivity contribution in [3.63, 3.8) is 0 Å². The number of hydrogen-bond donors (Lipinski definition) is 2. The molecule has 94 valence electrons. The summed E-state index contributed by atoms with van der Waals surface area (Å²) in [5, 5.41) is 12.0. The van der Waals surface area contributed by atoms with Gasteiger partial charge in [0.05, 0.1) is 12.6 Å². The summed E-state index contributed by atoms with van der Waals surface area (Å²) in [5.41, 5.74) is 0.632. The van der Waals surface area contributed by atoms with Crippen LogP contribution < -0.4 is 5.32 Å². The number of carbonyl (C=O) groups is 1. The Bertz CT molecular complexity index is 362. The van der Waals surface area contributed by atoms with E-state index in [1.165, 1.54) is 0 Å². The molecule has 0 heterocycles. The van der Waals surface area contributed by atoms with Crippen LogP contribution in [0.3, 0.4) is 0 Å². The Morgan fingerprint density at radius 2 is 1.94 bits per heavy atom. The first kappa shape index (κ1) is 14.4. The van der Waals surface area contributed by atoms with Crippen molar-refractivity contribution in [1.29, 1.82) is 0 Å². The SMILES string of the molecule is CC(C)CC(CO)NC(=O)c1ccc(I)cc1. The summed E-state index contributed by atoms with van der Waals surface area (Å²) >= 11 is 2.20. The molecule has 0 bridgehead atoms. The Morgan fingerprint density at radius 1 is 1.35 bits per heavy atom. The zero-order valence-electron chi connectivity index (χ0n) is 10.1. The molecular weight excluding hydrogens is 329 g/mol. The third-order valence-electron chi connectivity index (χ3n) is 2.42. The molecule has 1 atom stereocenters. The molecule has 1 aromatic rings. The summed E-state index contributed by atoms with van der Waals surface area (Å²) in [5.74, 6) is 0.324. The monoisotopic (exact) mass is 347 g/mol. The fourth-order valence-corrected chi connectivity index (χ4v) is 1.98. The van der Waals surface area contributed by atoms with Crippen LogP contribution in [0.1, 0.15) is 30.6 Å². The van der Waals surface area contributed by atoms with Crippen LogP contribution in [0.4, 0.5) is 0 Å². The van der Waals surface area contributed by atoms with Gasteiger partial charge in [-0.1, -0.05) is 13.8 Å². The van der Waals surface area contributed by atoms with Gasteiger partial charge in [0.25, 0.3) is 5.91 Å². The normalized spacial score (nSPS) is 12.5. The number of halogens is 1. The lowest BCUT2D eigenvalue weighted by Crippen LogP contribution is -2.38. The topological polar surface area (TPSA) is 49.3 Å². The number of benzene rings is 1. The van der Waals surface area contributed by atoms with Crippen molar-refractivity contribution in [2.75, 3.05) is 6.61 Å². The first-order valence-electron chi connectivity index (χ1n) is 5.70. The Labute approximate surface area is 116 Å². The fourth-order valence-electron chi connectivity index (χ4n) is 1.62. The van der Waals surface area contributed by atoms with E-state index >= 15 is 0 Å². The number of amides is 1. The highest BCUT2D eigenvalue weighted by Gasteiger charge is 2.14. The molecule has 1 amide bonds. The molecule has 3 nitrogen and oxygen atoms in total. The van der Waals surface area contributed by atoms with Gasteiger partial charge in [-0.3, -0.25) is 4.79 Å². The Hall–Kier alpha value is -0.620. The van der Waals surface area contributed by atoms with E-state index in [1.807, 2.05) is 12.1 Å². The third kappa shape index (κ3) is 5.04. The molecule has 0 radical (unpaired) electrons. The zero-order valence-corrected chi connectivity index (χ0v) is 12.3. The van der Waals surface area contributed by atoms with Crippen molar-refractivity contribution in [3.8, 4) is 0 Å². The van der Waals surface area contributed by atoms with Crippen LogP contribution in [0, 0.1) is 9.49 Å². The average Bonchev–Trinajstić information content (AvgIpc) is 2.28. The number of aliphatic hydroxyl groups excluding tert-OH is 1. The molecule has 0 aliphatic carbocycles. The molecule has 0 saturated carbocycles. The molecule has 1 unspecified atom stereocenters. The van der Waals surface area contributed by atoms with Gasteiger partial charge in [-0.15, -0.1) is 0 Å². The van der Waals surface area contributed by atoms with Crippen LogP contribution in [0.15, 0.2) is 24.3 Å². The fraction of sp³-hybridized carbons (Fsp3) is 0.462. The Kier molecular flexibility index (Phi) is 5.91. The van der Waals surface area contributed by atoms with E-state index in [9.17, 15) is 9.90 Å². The van der Waals surface area contributed by atoms with Gasteiger partial charge in [-0.25, -0.2) is 0 Å². The van der Waals surface area contributed by atoms with Gasteiger partial charge in [-0.05, 0) is 59.2 Å². The van der Waals surface area contributed by atoms with E-state index in [0.29, 0.717) is 11.5 Å². The predicted molar refractivity (Wildman–Crippen MR) is 77.0 cm³/mol. The minimum absolute atomic E-state index is 0.0196. The highest BCUT2D eigenvalue weighted by molar-refractivity contribution is 14.1. The van der Waals surface area contributed by atoms with E-state index < -0.39 is 0 Å². The van der Waals surface area contributed by atoms with Crippen molar-refractivity contribution >= 4 is 28.5 Å². The zero-order chi connectivity index (χ0) is 12.8. The second kappa shape index (κ2) is 6.96. The molecule has 17 heavy (non-hydrogen) atoms. The molecule has 0 aromatic heterocycles. The standard InChI is InChI=1S/C13H18INO2/c1-9(2)7-12(8-16)15-13(17)10-3-5-11(14)6-4-10/h3-6,9,12,16H,7-8H2,1-2H3,(H,15,17). The molecule has 2 N–H and O–H groups in total. The summed E-state index contributed by atoms with van der Waals surface area (Å²) < 4.78 is 1.10. The molecule has 0 fully saturated rings. The average molecular weight is 347 g/mol. The van der Waals surface area contributed by atoms with Gasteiger partial charge in [-0.2, -0.15) is 0 Å². The van der Waals surface area contributed by atoms with E-state index in [4.69, 9.17) is 0 Å². The maximum atomic E-state index is 11.9. The molecule has 1 aromatic carbocycles. The van der Waals surface area contributed by atoms with Crippen LogP contribution in [-0.4, -0.2) is 23.7 Å². The predicted octanol–water partition coefficient (Wildman–Crippen LogP) is 2.43. The number of nitrogens with one attached hydrogen (secondary N) is 1. The van der Waals surface area contributed by atoms with Crippen LogP contribution in [0.25, 0.3) is 0 Å². The maximum absolute atomic E-state index is 11.9. The minimum atomic E-state index is -0.165. The number of hydrogen-bond acceptors (Lipinski definition) is 2. The van der Waals surface area contributed by atoms with Gasteiger partial charge in [0.1, 0.15) is 0 Å². The van der Waals surface area contributed by atoms with Crippen LogP contribution in [0.2, 0.25) is 0 Å². The lowest BCUT2D eigenvalue weighted by Gasteiger charge is -2.18. The van der Waals surface area contributed by atoms with Crippen molar-refractivity contribution in [3.05, 3.63) is 33.4 Å². The molecule has 0 spiro atoms. The number of aliphatic hydroxyl groups is 1. The second-order valence-corrected chi connectivity index (χ2v) is 5.74. The van der Waals surface area contributed by atoms with Crippen LogP contribution in [0.5, 0.6) is 0 Å². The number of rotatable bonds is 5. The molecular formula is C13H18INO2. The summed E-state index contributed by atoms with van der Waals surface area (Å²) in [6.07, 6.45) is 0.784. The highest BCUT2D eigenvalue weighted by atomic mass is 127. The van der Waals surface area contributed by atoms with Gasteiger partial charge < -0.3 is 10.4 Å². The van der Waals surface area contributed by atoms with E-state index in [1.54, 1.807) is 12.1 Å². The van der Waals surface area contributed by atoms with Crippen LogP contribution in [-0.2, 0) is 0 Å². The van der Waals surface area contributed by atoms with Crippen molar-refractivity contribution in [1.82, 2.24) is 5.32 Å². The van der Waals surface area contributed by atoms with E-state index in [-0.39, 0.29) is 18.6 Å². The quantitative estimate of drug-likeness (QED) is 0.804. The van der Waals surface area contributed by atoms with Gasteiger partial charge in [0.15, 0.2) is 0 Å². The molecule has 1 rings (SSSR count). The van der Waals surface area contributed by atoms with E-state index in [2.05, 4.69) is 41.8 Å². The first-order chi connectivity index (χ1) is 8.02. The molecule has 0 aliphatic rings. The van der Waals surface area contributed by atoms with E-state index in [0.717, 1.165) is 9.99 Å². The Morgan fingerprint density at radius 3 is 2.41 bits per heavy atom. The minimum Gasteiger partial charge on any atom is -0.394 e. The summed E-state index contributed by atoms with van der Waals surface area (Å²) in [7, 11) is 0. The van der Waals surface area contributed by atoms with Gasteiger partial charge in [0, 0.05) is 9.13 Å². The summed E-state index contributed by atoms with van der Waals surface area (Å²) in [4.78, 5) is 11.9. The number of carbonyl (C=O) groups excluding carboxylic acids is 1. The van der Waals surface area contributed by atoms with Gasteiger partial charge in [0.2, 0.25) is 0 Å². The van der Waals surface area contributed by atoms with Crippen LogP contribution >= 0.6 is 22.6 Å². The maximum Gasteiger partial charge on any atom is 0.251 e. The molecule has 4 heteroatoms. The van der Waals surface area contributed by atoms with Crippen molar-refractivity contribution in [2.45, 2.75) is 26.3 Å². The summed E-state index contributed by atoms with van der Waals surface area (Å²) in [6, 6.07) is 7.21. The lowest BCUT2D eigenvalue weighted by atomic mass is 10.0. The molecule has 0 aliphatic heterocycles. The lowest BCUT2D eigenvalue weighted by molar-refractivity contribution is 0.0908.